The molecule has 0 aliphatic carbocycles. The number of phenolic OH excluding ortho intramolecular Hbond substituents is 1. The number of hydrogen-bond acceptors (Lipinski definition) is 5. The van der Waals surface area contributed by atoms with Gasteiger partial charge < -0.3 is 5.11 Å². The normalized spacial score (nSPS) is 9.13. The van der Waals surface area contributed by atoms with E-state index in [1.807, 2.05) is 0 Å². The van der Waals surface area contributed by atoms with Crippen LogP contribution in [0.15, 0.2) is 12.1 Å². The van der Waals surface area contributed by atoms with Gasteiger partial charge in [-0.2, -0.15) is 0 Å². The summed E-state index contributed by atoms with van der Waals surface area (Å²) in [5.41, 5.74) is -0.963. The van der Waals surface area contributed by atoms with Gasteiger partial charge in [0.1, 0.15) is 0 Å². The van der Waals surface area contributed by atoms with E-state index in [1.54, 1.807) is 0 Å². The maximum absolute atomic E-state index is 10.4. The zero-order valence-electron chi connectivity index (χ0n) is 7.13. The van der Waals surface area contributed by atoms with Crippen molar-refractivity contribution in [3.63, 3.8) is 0 Å². The van der Waals surface area contributed by atoms with Crippen molar-refractivity contribution in [1.29, 1.82) is 0 Å². The van der Waals surface area contributed by atoms with Crippen LogP contribution < -0.4 is 0 Å². The fourth-order valence-corrected chi connectivity index (χ4v) is 0.987. The molecule has 0 unspecified atom stereocenters. The molecule has 0 saturated heterocycles. The van der Waals surface area contributed by atoms with Gasteiger partial charge in [0.25, 0.3) is 5.69 Å². The van der Waals surface area contributed by atoms with Crippen molar-refractivity contribution in [2.75, 3.05) is 0 Å². The van der Waals surface area contributed by atoms with Gasteiger partial charge in [-0.25, -0.2) is 0 Å². The molecule has 7 nitrogen and oxygen atoms in total. The molecule has 0 aliphatic rings. The predicted octanol–water partition coefficient (Wildman–Crippen LogP) is 0.869. The quantitative estimate of drug-likeness (QED) is 0.453. The Morgan fingerprint density at radius 2 is 1.73 bits per heavy atom. The molecule has 0 atom stereocenters. The van der Waals surface area contributed by atoms with Crippen molar-refractivity contribution < 1.29 is 15.0 Å². The van der Waals surface area contributed by atoms with Gasteiger partial charge in [-0.15, -0.1) is 0 Å². The number of benzene rings is 1. The fourth-order valence-electron chi connectivity index (χ4n) is 0.987. The topological polar surface area (TPSA) is 107 Å². The number of nitro benzene ring substituents is 2. The van der Waals surface area contributed by atoms with E-state index in [0.717, 1.165) is 12.1 Å². The zero-order valence-corrected chi connectivity index (χ0v) is 7.13. The van der Waals surface area contributed by atoms with E-state index in [9.17, 15) is 25.3 Å². The Balaban J connectivity index is 0.00000196. The monoisotopic (exact) mass is 222 g/mol. The summed E-state index contributed by atoms with van der Waals surface area (Å²) in [7, 11) is 0. The van der Waals surface area contributed by atoms with Gasteiger partial charge in [-0.3, -0.25) is 20.2 Å². The number of nitro groups is 2. The summed E-state index contributed by atoms with van der Waals surface area (Å²) in [5.74, 6) is -0.541. The molecule has 1 aromatic rings. The molecular weight excluding hydrogens is 215 g/mol. The number of non-ortho nitro benzene ring substituents is 1. The van der Waals surface area contributed by atoms with Gasteiger partial charge in [-0.05, 0) is 6.92 Å². The van der Waals surface area contributed by atoms with Crippen molar-refractivity contribution in [2.45, 2.75) is 6.92 Å². The van der Waals surface area contributed by atoms with E-state index in [2.05, 4.69) is 0 Å². The van der Waals surface area contributed by atoms with Crippen molar-refractivity contribution in [3.05, 3.63) is 37.9 Å². The van der Waals surface area contributed by atoms with Crippen LogP contribution in [0, 0.1) is 27.2 Å². The molecule has 1 aromatic carbocycles. The Morgan fingerprint density at radius 1 is 1.20 bits per heavy atom. The van der Waals surface area contributed by atoms with Crippen molar-refractivity contribution >= 4 is 40.9 Å². The Hall–Kier alpha value is -1.18. The Labute approximate surface area is 106 Å². The van der Waals surface area contributed by atoms with Crippen LogP contribution in [0.1, 0.15) is 5.56 Å². The van der Waals surface area contributed by atoms with Crippen LogP contribution in [0.2, 0.25) is 0 Å². The van der Waals surface area contributed by atoms with Crippen molar-refractivity contribution in [2.24, 2.45) is 0 Å². The van der Waals surface area contributed by atoms with Gasteiger partial charge >= 0.3 is 35.2 Å². The average Bonchev–Trinajstić information content (AvgIpc) is 2.08. The summed E-state index contributed by atoms with van der Waals surface area (Å²) < 4.78 is 0. The van der Waals surface area contributed by atoms with Crippen molar-refractivity contribution in [1.82, 2.24) is 0 Å². The van der Waals surface area contributed by atoms with Gasteiger partial charge in [0.2, 0.25) is 0 Å². The van der Waals surface area contributed by atoms with Crippen LogP contribution >= 0.6 is 0 Å². The van der Waals surface area contributed by atoms with Gasteiger partial charge in [0.15, 0.2) is 5.75 Å². The number of aromatic hydroxyl groups is 1. The number of hydrogen-bond donors (Lipinski definition) is 1. The Bertz CT molecular complexity index is 420. The van der Waals surface area contributed by atoms with Crippen molar-refractivity contribution in [3.8, 4) is 5.75 Å². The van der Waals surface area contributed by atoms with Gasteiger partial charge in [-0.1, -0.05) is 0 Å². The summed E-state index contributed by atoms with van der Waals surface area (Å²) in [6.45, 7) is 1.36. The molecule has 8 heteroatoms. The third-order valence-corrected chi connectivity index (χ3v) is 1.67. The molecule has 0 fully saturated rings. The second-order valence-corrected chi connectivity index (χ2v) is 2.64. The van der Waals surface area contributed by atoms with Crippen LogP contribution in [-0.4, -0.2) is 44.5 Å². The summed E-state index contributed by atoms with van der Waals surface area (Å²) in [5, 5.41) is 29.9. The van der Waals surface area contributed by atoms with E-state index in [-0.39, 0.29) is 35.1 Å². The minimum absolute atomic E-state index is 0. The molecule has 0 amide bonds. The van der Waals surface area contributed by atoms with Gasteiger partial charge in [0, 0.05) is 11.6 Å². The Morgan fingerprint density at radius 3 is 2.13 bits per heavy atom. The number of aryl methyl sites for hydroxylation is 1. The molecule has 15 heavy (non-hydrogen) atoms. The first-order chi connectivity index (χ1) is 6.43. The van der Waals surface area contributed by atoms with E-state index < -0.39 is 27.0 Å². The third-order valence-electron chi connectivity index (χ3n) is 1.67. The average molecular weight is 222 g/mol. The maximum atomic E-state index is 10.4. The SMILES string of the molecule is Cc1cc([N+](=O)[O-])cc([N+](=O)[O-])c1O.[NaH]. The molecule has 0 bridgehead atoms. The molecule has 76 valence electrons. The van der Waals surface area contributed by atoms with Crippen LogP contribution in [0.5, 0.6) is 5.75 Å². The predicted molar refractivity (Wildman–Crippen MR) is 53.3 cm³/mol. The first-order valence-corrected chi connectivity index (χ1v) is 3.56. The van der Waals surface area contributed by atoms with E-state index in [1.165, 1.54) is 6.92 Å². The number of nitrogens with zero attached hydrogens (tertiary/aromatic N) is 2. The second-order valence-electron chi connectivity index (χ2n) is 2.64. The first-order valence-electron chi connectivity index (χ1n) is 3.56. The van der Waals surface area contributed by atoms with E-state index >= 15 is 0 Å². The first kappa shape index (κ1) is 13.8. The van der Waals surface area contributed by atoms with E-state index in [0.29, 0.717) is 0 Å². The molecule has 0 aromatic heterocycles. The molecule has 0 radical (unpaired) electrons. The van der Waals surface area contributed by atoms with E-state index in [4.69, 9.17) is 0 Å². The summed E-state index contributed by atoms with van der Waals surface area (Å²) in [6.07, 6.45) is 0. The molecule has 1 N–H and O–H groups in total. The van der Waals surface area contributed by atoms with Crippen LogP contribution in [0.25, 0.3) is 0 Å². The standard InChI is InChI=1S/C7H6N2O5.Na.H/c1-4-2-5(8(11)12)3-6(7(4)10)9(13)14;;/h2-3,10H,1H3;;. The third kappa shape index (κ3) is 2.88. The van der Waals surface area contributed by atoms with Gasteiger partial charge in [0.05, 0.1) is 15.9 Å². The molecule has 1 rings (SSSR count). The Kier molecular flexibility index (Phi) is 4.66. The molecule has 0 saturated carbocycles. The number of rotatable bonds is 2. The second kappa shape index (κ2) is 5.06. The van der Waals surface area contributed by atoms with Crippen LogP contribution in [0.3, 0.4) is 0 Å². The molecule has 0 spiro atoms. The fraction of sp³-hybridized carbons (Fsp3) is 0.143. The minimum atomic E-state index is -0.866. The molecule has 0 heterocycles. The van der Waals surface area contributed by atoms with Crippen LogP contribution in [0.4, 0.5) is 11.4 Å². The summed E-state index contributed by atoms with van der Waals surface area (Å²) >= 11 is 0. The van der Waals surface area contributed by atoms with Crippen LogP contribution in [-0.2, 0) is 0 Å². The molecular formula is C7H7N2NaO5. The molecule has 0 aliphatic heterocycles. The summed E-state index contributed by atoms with van der Waals surface area (Å²) in [4.78, 5) is 19.1. The number of phenols is 1. The zero-order chi connectivity index (χ0) is 10.9. The summed E-state index contributed by atoms with van der Waals surface area (Å²) in [6, 6.07) is 1.80.